The van der Waals surface area contributed by atoms with E-state index in [0.717, 1.165) is 12.0 Å². The van der Waals surface area contributed by atoms with Gasteiger partial charge in [-0.05, 0) is 60.4 Å². The van der Waals surface area contributed by atoms with Gasteiger partial charge >= 0.3 is 0 Å². The average molecular weight is 269 g/mol. The van der Waals surface area contributed by atoms with E-state index in [1.807, 2.05) is 12.1 Å². The van der Waals surface area contributed by atoms with Crippen LogP contribution in [0.15, 0.2) is 42.5 Å². The number of halogens is 1. The molecule has 1 aliphatic rings. The van der Waals surface area contributed by atoms with Crippen LogP contribution in [0, 0.1) is 5.82 Å². The summed E-state index contributed by atoms with van der Waals surface area (Å²) in [6.07, 6.45) is 5.42. The summed E-state index contributed by atoms with van der Waals surface area (Å²) in [5.74, 6) is -0.166. The summed E-state index contributed by atoms with van der Waals surface area (Å²) in [5, 5.41) is 0. The molecule has 1 atom stereocenters. The summed E-state index contributed by atoms with van der Waals surface area (Å²) >= 11 is 0. The summed E-state index contributed by atoms with van der Waals surface area (Å²) in [5.41, 5.74) is 11.0. The second-order valence-electron chi connectivity index (χ2n) is 5.64. The minimum atomic E-state index is -0.166. The lowest BCUT2D eigenvalue weighted by atomic mass is 9.88. The largest absolute Gasteiger partial charge is 0.324 e. The maximum absolute atomic E-state index is 13.7. The van der Waals surface area contributed by atoms with Crippen molar-refractivity contribution in [2.45, 2.75) is 38.1 Å². The fourth-order valence-electron chi connectivity index (χ4n) is 3.00. The second-order valence-corrected chi connectivity index (χ2v) is 5.64. The Kier molecular flexibility index (Phi) is 3.83. The number of fused-ring (bicyclic) bond motifs is 1. The van der Waals surface area contributed by atoms with Gasteiger partial charge in [0, 0.05) is 6.04 Å². The Morgan fingerprint density at radius 2 is 1.75 bits per heavy atom. The first-order valence-corrected chi connectivity index (χ1v) is 7.35. The summed E-state index contributed by atoms with van der Waals surface area (Å²) in [6.45, 7) is 0. The highest BCUT2D eigenvalue weighted by atomic mass is 19.1. The molecule has 20 heavy (non-hydrogen) atoms. The highest BCUT2D eigenvalue weighted by molar-refractivity contribution is 5.36. The predicted molar refractivity (Wildman–Crippen MR) is 80.1 cm³/mol. The normalized spacial score (nSPS) is 15.7. The van der Waals surface area contributed by atoms with Crippen molar-refractivity contribution in [3.8, 4) is 0 Å². The molecule has 3 rings (SSSR count). The maximum Gasteiger partial charge on any atom is 0.126 e. The van der Waals surface area contributed by atoms with Crippen LogP contribution in [0.4, 0.5) is 4.39 Å². The van der Waals surface area contributed by atoms with Gasteiger partial charge < -0.3 is 5.73 Å². The molecule has 2 N–H and O–H groups in total. The van der Waals surface area contributed by atoms with E-state index in [1.54, 1.807) is 6.07 Å². The Labute approximate surface area is 119 Å². The van der Waals surface area contributed by atoms with Crippen LogP contribution in [0.5, 0.6) is 0 Å². The molecule has 2 heteroatoms. The molecule has 0 spiro atoms. The van der Waals surface area contributed by atoms with E-state index in [4.69, 9.17) is 5.73 Å². The van der Waals surface area contributed by atoms with Gasteiger partial charge in [0.2, 0.25) is 0 Å². The van der Waals surface area contributed by atoms with E-state index in [-0.39, 0.29) is 11.9 Å². The first kappa shape index (κ1) is 13.3. The van der Waals surface area contributed by atoms with Crippen LogP contribution in [0.3, 0.4) is 0 Å². The molecule has 0 bridgehead atoms. The van der Waals surface area contributed by atoms with Crippen molar-refractivity contribution < 1.29 is 4.39 Å². The Balaban J connectivity index is 1.80. The standard InChI is InChI=1S/C18H20FN/c19-17-8-4-3-7-15(17)12-18(20)16-10-9-13-5-1-2-6-14(13)11-16/h3-4,7-11,18H,1-2,5-6,12,20H2. The lowest BCUT2D eigenvalue weighted by molar-refractivity contribution is 0.592. The third-order valence-corrected chi connectivity index (χ3v) is 4.20. The van der Waals surface area contributed by atoms with Crippen LogP contribution < -0.4 is 5.73 Å². The lowest BCUT2D eigenvalue weighted by Crippen LogP contribution is -2.15. The van der Waals surface area contributed by atoms with Gasteiger partial charge in [-0.15, -0.1) is 0 Å². The minimum absolute atomic E-state index is 0.140. The van der Waals surface area contributed by atoms with Crippen LogP contribution in [-0.4, -0.2) is 0 Å². The molecule has 2 aromatic rings. The lowest BCUT2D eigenvalue weighted by Gasteiger charge is -2.19. The second kappa shape index (κ2) is 5.76. The highest BCUT2D eigenvalue weighted by Gasteiger charge is 2.14. The molecule has 1 nitrogen and oxygen atoms in total. The molecule has 0 saturated carbocycles. The number of hydrogen-bond donors (Lipinski definition) is 1. The third kappa shape index (κ3) is 2.75. The van der Waals surface area contributed by atoms with Gasteiger partial charge in [-0.2, -0.15) is 0 Å². The van der Waals surface area contributed by atoms with Gasteiger partial charge in [-0.1, -0.05) is 36.4 Å². The zero-order valence-electron chi connectivity index (χ0n) is 11.6. The van der Waals surface area contributed by atoms with E-state index < -0.39 is 0 Å². The number of aryl methyl sites for hydroxylation is 2. The highest BCUT2D eigenvalue weighted by Crippen LogP contribution is 2.25. The van der Waals surface area contributed by atoms with Gasteiger partial charge in [0.25, 0.3) is 0 Å². The van der Waals surface area contributed by atoms with Crippen molar-refractivity contribution in [3.63, 3.8) is 0 Å². The zero-order chi connectivity index (χ0) is 13.9. The summed E-state index contributed by atoms with van der Waals surface area (Å²) in [6, 6.07) is 13.3. The smallest absolute Gasteiger partial charge is 0.126 e. The molecular weight excluding hydrogens is 249 g/mol. The van der Waals surface area contributed by atoms with Gasteiger partial charge in [-0.3, -0.25) is 0 Å². The van der Waals surface area contributed by atoms with Crippen molar-refractivity contribution in [1.82, 2.24) is 0 Å². The van der Waals surface area contributed by atoms with Gasteiger partial charge in [0.05, 0.1) is 0 Å². The molecule has 0 heterocycles. The number of nitrogens with two attached hydrogens (primary N) is 1. The van der Waals surface area contributed by atoms with Crippen molar-refractivity contribution >= 4 is 0 Å². The Morgan fingerprint density at radius 1 is 1.00 bits per heavy atom. The number of benzene rings is 2. The monoisotopic (exact) mass is 269 g/mol. The molecule has 0 aromatic heterocycles. The molecule has 2 aromatic carbocycles. The average Bonchev–Trinajstić information content (AvgIpc) is 2.49. The van der Waals surface area contributed by atoms with Crippen LogP contribution in [-0.2, 0) is 19.3 Å². The molecule has 0 amide bonds. The molecule has 1 aliphatic carbocycles. The number of rotatable bonds is 3. The molecule has 1 unspecified atom stereocenters. The summed E-state index contributed by atoms with van der Waals surface area (Å²) < 4.78 is 13.7. The first-order valence-electron chi connectivity index (χ1n) is 7.35. The Hall–Kier alpha value is -1.67. The van der Waals surface area contributed by atoms with Crippen molar-refractivity contribution in [1.29, 1.82) is 0 Å². The van der Waals surface area contributed by atoms with Crippen molar-refractivity contribution in [2.24, 2.45) is 5.73 Å². The van der Waals surface area contributed by atoms with Gasteiger partial charge in [-0.25, -0.2) is 4.39 Å². The van der Waals surface area contributed by atoms with Gasteiger partial charge in [0.15, 0.2) is 0 Å². The van der Waals surface area contributed by atoms with E-state index in [2.05, 4.69) is 18.2 Å². The van der Waals surface area contributed by atoms with E-state index >= 15 is 0 Å². The number of hydrogen-bond acceptors (Lipinski definition) is 1. The zero-order valence-corrected chi connectivity index (χ0v) is 11.6. The van der Waals surface area contributed by atoms with Crippen LogP contribution in [0.1, 0.15) is 41.1 Å². The molecule has 0 fully saturated rings. The Bertz CT molecular complexity index is 606. The van der Waals surface area contributed by atoms with E-state index in [0.29, 0.717) is 12.0 Å². The van der Waals surface area contributed by atoms with E-state index in [9.17, 15) is 4.39 Å². The topological polar surface area (TPSA) is 26.0 Å². The minimum Gasteiger partial charge on any atom is -0.324 e. The summed E-state index contributed by atoms with van der Waals surface area (Å²) in [4.78, 5) is 0. The van der Waals surface area contributed by atoms with Crippen LogP contribution in [0.2, 0.25) is 0 Å². The summed E-state index contributed by atoms with van der Waals surface area (Å²) in [7, 11) is 0. The predicted octanol–water partition coefficient (Wildman–Crippen LogP) is 3.95. The van der Waals surface area contributed by atoms with Crippen molar-refractivity contribution in [2.75, 3.05) is 0 Å². The Morgan fingerprint density at radius 3 is 2.55 bits per heavy atom. The quantitative estimate of drug-likeness (QED) is 0.897. The molecule has 0 aliphatic heterocycles. The molecule has 104 valence electrons. The van der Waals surface area contributed by atoms with Crippen LogP contribution in [0.25, 0.3) is 0 Å². The molecular formula is C18H20FN. The SMILES string of the molecule is NC(Cc1ccccc1F)c1ccc2c(c1)CCCC2. The first-order chi connectivity index (χ1) is 9.74. The van der Waals surface area contributed by atoms with Crippen LogP contribution >= 0.6 is 0 Å². The molecule has 0 saturated heterocycles. The fourth-order valence-corrected chi connectivity index (χ4v) is 3.00. The van der Waals surface area contributed by atoms with Crippen molar-refractivity contribution in [3.05, 3.63) is 70.5 Å². The van der Waals surface area contributed by atoms with E-state index in [1.165, 1.54) is 36.5 Å². The van der Waals surface area contributed by atoms with Gasteiger partial charge in [0.1, 0.15) is 5.82 Å². The maximum atomic E-state index is 13.7. The fraction of sp³-hybridized carbons (Fsp3) is 0.333. The third-order valence-electron chi connectivity index (χ3n) is 4.20. The molecule has 0 radical (unpaired) electrons.